The Balaban J connectivity index is 1.83. The molecule has 0 radical (unpaired) electrons. The van der Waals surface area contributed by atoms with E-state index in [-0.39, 0.29) is 11.5 Å². The van der Waals surface area contributed by atoms with Gasteiger partial charge in [-0.05, 0) is 28.5 Å². The lowest BCUT2D eigenvalue weighted by Gasteiger charge is -2.04. The Bertz CT molecular complexity index is 736. The Morgan fingerprint density at radius 2 is 2.20 bits per heavy atom. The molecule has 0 spiro atoms. The molecule has 3 N–H and O–H groups in total. The summed E-state index contributed by atoms with van der Waals surface area (Å²) in [6, 6.07) is 6.88. The van der Waals surface area contributed by atoms with Crippen LogP contribution >= 0.6 is 0 Å². The number of hydrogen-bond acceptors (Lipinski definition) is 8. The van der Waals surface area contributed by atoms with Crippen LogP contribution in [0.5, 0.6) is 0 Å². The van der Waals surface area contributed by atoms with Crippen LogP contribution in [0.3, 0.4) is 0 Å². The van der Waals surface area contributed by atoms with Gasteiger partial charge in [0.15, 0.2) is 0 Å². The molecule has 9 nitrogen and oxygen atoms in total. The molecule has 0 aliphatic carbocycles. The first kappa shape index (κ1) is 11.8. The van der Waals surface area contributed by atoms with Gasteiger partial charge in [0.05, 0.1) is 0 Å². The summed E-state index contributed by atoms with van der Waals surface area (Å²) in [6.45, 7) is 0. The predicted molar refractivity (Wildman–Crippen MR) is 66.4 cm³/mol. The van der Waals surface area contributed by atoms with Crippen LogP contribution in [0.2, 0.25) is 0 Å². The van der Waals surface area contributed by atoms with Crippen LogP contribution in [0.1, 0.15) is 10.5 Å². The fourth-order valence-corrected chi connectivity index (χ4v) is 1.57. The van der Waals surface area contributed by atoms with E-state index in [0.717, 1.165) is 0 Å². The molecule has 0 saturated heterocycles. The number of anilines is 2. The zero-order chi connectivity index (χ0) is 13.9. The van der Waals surface area contributed by atoms with E-state index in [1.807, 2.05) is 0 Å². The molecule has 20 heavy (non-hydrogen) atoms. The largest absolute Gasteiger partial charge is 0.423 e. The van der Waals surface area contributed by atoms with Crippen LogP contribution in [0, 0.1) is 0 Å². The molecule has 3 rings (SSSR count). The minimum atomic E-state index is -0.522. The lowest BCUT2D eigenvalue weighted by Crippen LogP contribution is -2.14. The zero-order valence-corrected chi connectivity index (χ0v) is 9.98. The highest BCUT2D eigenvalue weighted by Crippen LogP contribution is 2.20. The van der Waals surface area contributed by atoms with E-state index < -0.39 is 5.91 Å². The summed E-state index contributed by atoms with van der Waals surface area (Å²) in [6.07, 6.45) is 1.22. The van der Waals surface area contributed by atoms with Gasteiger partial charge < -0.3 is 15.5 Å². The van der Waals surface area contributed by atoms with Crippen LogP contribution in [-0.4, -0.2) is 26.4 Å². The molecule has 0 bridgehead atoms. The third kappa shape index (κ3) is 2.19. The van der Waals surface area contributed by atoms with Gasteiger partial charge in [0, 0.05) is 11.3 Å². The van der Waals surface area contributed by atoms with Crippen LogP contribution in [-0.2, 0) is 0 Å². The van der Waals surface area contributed by atoms with E-state index in [0.29, 0.717) is 17.1 Å². The number of carbonyl (C=O) groups excluding carboxylic acids is 1. The summed E-state index contributed by atoms with van der Waals surface area (Å²) in [5.74, 6) is -0.245. The zero-order valence-electron chi connectivity index (χ0n) is 9.98. The maximum atomic E-state index is 11.9. The fourth-order valence-electron chi connectivity index (χ4n) is 1.57. The lowest BCUT2D eigenvalue weighted by molar-refractivity contribution is 0.101. The number of rotatable bonds is 3. The predicted octanol–water partition coefficient (Wildman–Crippen LogP) is 0.954. The van der Waals surface area contributed by atoms with Gasteiger partial charge in [-0.3, -0.25) is 4.79 Å². The van der Waals surface area contributed by atoms with Gasteiger partial charge in [0.25, 0.3) is 5.91 Å². The highest BCUT2D eigenvalue weighted by molar-refractivity contribution is 6.05. The van der Waals surface area contributed by atoms with Crippen molar-refractivity contribution in [1.29, 1.82) is 0 Å². The summed E-state index contributed by atoms with van der Waals surface area (Å²) in [5, 5.41) is 16.7. The minimum absolute atomic E-state index is 0.0736. The number of nitrogens with one attached hydrogen (secondary N) is 1. The van der Waals surface area contributed by atoms with Crippen molar-refractivity contribution < 1.29 is 13.8 Å². The third-order valence-corrected chi connectivity index (χ3v) is 2.46. The number of nitrogens with two attached hydrogens (primary N) is 1. The molecule has 0 aliphatic rings. The monoisotopic (exact) mass is 272 g/mol. The first-order valence-electron chi connectivity index (χ1n) is 5.50. The number of aromatic nitrogens is 4. The van der Waals surface area contributed by atoms with Crippen LogP contribution in [0.15, 0.2) is 39.7 Å². The molecule has 1 aromatic carbocycles. The Labute approximate surface area is 111 Å². The van der Waals surface area contributed by atoms with Gasteiger partial charge in [-0.2, -0.15) is 0 Å². The van der Waals surface area contributed by atoms with E-state index in [1.54, 1.807) is 24.3 Å². The average Bonchev–Trinajstić information content (AvgIpc) is 3.09. The van der Waals surface area contributed by atoms with E-state index in [1.165, 1.54) is 6.39 Å². The molecular formula is C11H8N6O3. The van der Waals surface area contributed by atoms with Gasteiger partial charge >= 0.3 is 0 Å². The normalized spacial score (nSPS) is 10.4. The van der Waals surface area contributed by atoms with Crippen molar-refractivity contribution in [3.05, 3.63) is 36.4 Å². The van der Waals surface area contributed by atoms with Crippen molar-refractivity contribution in [2.75, 3.05) is 11.1 Å². The minimum Gasteiger partial charge on any atom is -0.423 e. The average molecular weight is 272 g/mol. The highest BCUT2D eigenvalue weighted by atomic mass is 16.6. The number of benzene rings is 1. The highest BCUT2D eigenvalue weighted by Gasteiger charge is 2.16. The second kappa shape index (κ2) is 4.80. The van der Waals surface area contributed by atoms with Gasteiger partial charge in [0.1, 0.15) is 0 Å². The number of nitrogen functional groups attached to an aromatic ring is 1. The van der Waals surface area contributed by atoms with Crippen molar-refractivity contribution in [3.8, 4) is 11.5 Å². The van der Waals surface area contributed by atoms with Crippen molar-refractivity contribution in [1.82, 2.24) is 20.5 Å². The fraction of sp³-hybridized carbons (Fsp3) is 0. The SMILES string of the molecule is Nc1nonc1C(=O)Nc1cccc(-c2nnco2)c1. The lowest BCUT2D eigenvalue weighted by atomic mass is 10.2. The number of carbonyl (C=O) groups is 1. The van der Waals surface area contributed by atoms with Crippen molar-refractivity contribution in [2.45, 2.75) is 0 Å². The Hall–Kier alpha value is -3.23. The van der Waals surface area contributed by atoms with Crippen molar-refractivity contribution in [2.24, 2.45) is 0 Å². The second-order valence-corrected chi connectivity index (χ2v) is 3.78. The van der Waals surface area contributed by atoms with E-state index in [2.05, 4.69) is 30.5 Å². The number of amides is 1. The second-order valence-electron chi connectivity index (χ2n) is 3.78. The Kier molecular flexibility index (Phi) is 2.84. The summed E-state index contributed by atoms with van der Waals surface area (Å²) < 4.78 is 9.45. The topological polar surface area (TPSA) is 133 Å². The molecule has 0 aliphatic heterocycles. The summed E-state index contributed by atoms with van der Waals surface area (Å²) in [4.78, 5) is 11.9. The first-order valence-corrected chi connectivity index (χ1v) is 5.50. The van der Waals surface area contributed by atoms with E-state index >= 15 is 0 Å². The quantitative estimate of drug-likeness (QED) is 0.719. The smallest absolute Gasteiger partial charge is 0.281 e. The molecule has 3 aromatic rings. The van der Waals surface area contributed by atoms with Crippen molar-refractivity contribution >= 4 is 17.4 Å². The Morgan fingerprint density at radius 1 is 1.30 bits per heavy atom. The van der Waals surface area contributed by atoms with Crippen molar-refractivity contribution in [3.63, 3.8) is 0 Å². The molecular weight excluding hydrogens is 264 g/mol. The molecule has 1 amide bonds. The molecule has 2 heterocycles. The summed E-state index contributed by atoms with van der Waals surface area (Å²) >= 11 is 0. The van der Waals surface area contributed by atoms with Crippen LogP contribution < -0.4 is 11.1 Å². The van der Waals surface area contributed by atoms with Gasteiger partial charge in [0.2, 0.25) is 23.8 Å². The Morgan fingerprint density at radius 3 is 2.90 bits per heavy atom. The number of hydrogen-bond donors (Lipinski definition) is 2. The van der Waals surface area contributed by atoms with E-state index in [9.17, 15) is 4.79 Å². The summed E-state index contributed by atoms with van der Waals surface area (Å²) in [7, 11) is 0. The molecule has 0 atom stereocenters. The van der Waals surface area contributed by atoms with Crippen LogP contribution in [0.4, 0.5) is 11.5 Å². The molecule has 0 saturated carbocycles. The van der Waals surface area contributed by atoms with E-state index in [4.69, 9.17) is 10.2 Å². The molecule has 0 unspecified atom stereocenters. The van der Waals surface area contributed by atoms with Crippen LogP contribution in [0.25, 0.3) is 11.5 Å². The van der Waals surface area contributed by atoms with Gasteiger partial charge in [-0.25, -0.2) is 4.63 Å². The maximum Gasteiger partial charge on any atom is 0.281 e. The van der Waals surface area contributed by atoms with Gasteiger partial charge in [-0.1, -0.05) is 6.07 Å². The van der Waals surface area contributed by atoms with Gasteiger partial charge in [-0.15, -0.1) is 10.2 Å². The number of nitrogens with zero attached hydrogens (tertiary/aromatic N) is 4. The maximum absolute atomic E-state index is 11.9. The standard InChI is InChI=1S/C11H8N6O3/c12-9-8(16-20-17-9)10(18)14-7-3-1-2-6(4-7)11-15-13-5-19-11/h1-5H,(H2,12,17)(H,14,18). The third-order valence-electron chi connectivity index (χ3n) is 2.46. The molecule has 9 heteroatoms. The summed E-state index contributed by atoms with van der Waals surface area (Å²) in [5.41, 5.74) is 6.56. The molecule has 100 valence electrons. The molecule has 2 aromatic heterocycles. The molecule has 0 fully saturated rings. The first-order chi connectivity index (χ1) is 9.74.